The Morgan fingerprint density at radius 3 is 2.48 bits per heavy atom. The number of hydrogen-bond donors (Lipinski definition) is 0. The lowest BCUT2D eigenvalue weighted by atomic mass is 9.77. The van der Waals surface area contributed by atoms with Gasteiger partial charge in [-0.3, -0.25) is 9.59 Å². The smallest absolute Gasteiger partial charge is 0.227 e. The minimum atomic E-state index is -1.02. The second-order valence-corrected chi connectivity index (χ2v) is 7.41. The van der Waals surface area contributed by atoms with E-state index in [0.717, 1.165) is 38.1 Å². The van der Waals surface area contributed by atoms with Crippen LogP contribution < -0.4 is 0 Å². The zero-order chi connectivity index (χ0) is 18.2. The third-order valence-electron chi connectivity index (χ3n) is 5.39. The molecule has 2 aliphatic rings. The Labute approximate surface area is 150 Å². The quantitative estimate of drug-likeness (QED) is 0.767. The van der Waals surface area contributed by atoms with Gasteiger partial charge in [-0.15, -0.1) is 0 Å². The van der Waals surface area contributed by atoms with Crippen LogP contribution in [0.15, 0.2) is 12.1 Å². The Hall–Kier alpha value is -1.69. The van der Waals surface area contributed by atoms with Crippen LogP contribution in [-0.2, 0) is 16.0 Å². The summed E-state index contributed by atoms with van der Waals surface area (Å²) in [4.78, 5) is 28.1. The fourth-order valence-electron chi connectivity index (χ4n) is 3.81. The summed E-state index contributed by atoms with van der Waals surface area (Å²) in [6.07, 6.45) is 2.07. The van der Waals surface area contributed by atoms with E-state index in [2.05, 4.69) is 0 Å². The highest BCUT2D eigenvalue weighted by atomic mass is 35.5. The average Bonchev–Trinajstić information content (AvgIpc) is 2.88. The summed E-state index contributed by atoms with van der Waals surface area (Å²) in [6, 6.07) is 1.88. The summed E-state index contributed by atoms with van der Waals surface area (Å²) in [6.45, 7) is 4.61. The minimum absolute atomic E-state index is 0.0243. The van der Waals surface area contributed by atoms with Crippen molar-refractivity contribution in [2.75, 3.05) is 26.2 Å². The molecule has 25 heavy (non-hydrogen) atoms. The number of benzene rings is 1. The molecule has 0 atom stereocenters. The van der Waals surface area contributed by atoms with E-state index in [1.165, 1.54) is 0 Å². The molecular weight excluding hydrogens is 350 g/mol. The molecule has 2 aliphatic heterocycles. The first-order valence-electron chi connectivity index (χ1n) is 8.52. The van der Waals surface area contributed by atoms with E-state index in [0.29, 0.717) is 25.1 Å². The Morgan fingerprint density at radius 1 is 1.24 bits per heavy atom. The van der Waals surface area contributed by atoms with Crippen molar-refractivity contribution in [2.24, 2.45) is 5.41 Å². The highest BCUT2D eigenvalue weighted by Gasteiger charge is 2.44. The molecule has 1 aromatic rings. The number of hydrogen-bond acceptors (Lipinski definition) is 2. The fraction of sp³-hybridized carbons (Fsp3) is 0.556. The molecule has 7 heteroatoms. The van der Waals surface area contributed by atoms with Crippen LogP contribution in [0.25, 0.3) is 0 Å². The summed E-state index contributed by atoms with van der Waals surface area (Å²) in [5.41, 5.74) is 0.266. The molecule has 2 heterocycles. The SMILES string of the molecule is CCN1CC2(CCN(C(=O)Cc3cc(F)c(F)cc3Cl)CC2)CC1=O. The predicted octanol–water partition coefficient (Wildman–Crippen LogP) is 3.02. The summed E-state index contributed by atoms with van der Waals surface area (Å²) < 4.78 is 26.5. The van der Waals surface area contributed by atoms with Crippen molar-refractivity contribution >= 4 is 23.4 Å². The molecule has 0 bridgehead atoms. The van der Waals surface area contributed by atoms with Crippen molar-refractivity contribution in [3.8, 4) is 0 Å². The van der Waals surface area contributed by atoms with Gasteiger partial charge in [-0.05, 0) is 37.5 Å². The largest absolute Gasteiger partial charge is 0.342 e. The maximum atomic E-state index is 13.4. The molecule has 0 saturated carbocycles. The van der Waals surface area contributed by atoms with Crippen LogP contribution in [0.4, 0.5) is 8.78 Å². The number of halogens is 3. The molecule has 1 spiro atoms. The number of carbonyl (C=O) groups is 2. The molecule has 136 valence electrons. The molecule has 2 amide bonds. The minimum Gasteiger partial charge on any atom is -0.342 e. The summed E-state index contributed by atoms with van der Waals surface area (Å²) in [7, 11) is 0. The second-order valence-electron chi connectivity index (χ2n) is 7.00. The first-order valence-corrected chi connectivity index (χ1v) is 8.90. The molecule has 0 unspecified atom stereocenters. The fourth-order valence-corrected chi connectivity index (χ4v) is 4.03. The number of carbonyl (C=O) groups excluding carboxylic acids is 2. The molecule has 1 aromatic carbocycles. The molecule has 0 aliphatic carbocycles. The maximum Gasteiger partial charge on any atom is 0.227 e. The molecule has 0 N–H and O–H groups in total. The number of nitrogens with zero attached hydrogens (tertiary/aromatic N) is 2. The zero-order valence-electron chi connectivity index (χ0n) is 14.2. The van der Waals surface area contributed by atoms with Gasteiger partial charge in [-0.2, -0.15) is 0 Å². The Kier molecular flexibility index (Phi) is 5.00. The van der Waals surface area contributed by atoms with Gasteiger partial charge >= 0.3 is 0 Å². The average molecular weight is 371 g/mol. The summed E-state index contributed by atoms with van der Waals surface area (Å²) >= 11 is 5.91. The molecular formula is C18H21ClF2N2O2. The second kappa shape index (κ2) is 6.90. The maximum absolute atomic E-state index is 13.4. The Morgan fingerprint density at radius 2 is 1.88 bits per heavy atom. The van der Waals surface area contributed by atoms with Gasteiger partial charge in [0.05, 0.1) is 6.42 Å². The van der Waals surface area contributed by atoms with Crippen molar-refractivity contribution < 1.29 is 18.4 Å². The topological polar surface area (TPSA) is 40.6 Å². The van der Waals surface area contributed by atoms with Gasteiger partial charge in [0.2, 0.25) is 11.8 Å². The van der Waals surface area contributed by atoms with E-state index in [4.69, 9.17) is 11.6 Å². The van der Waals surface area contributed by atoms with Crippen LogP contribution in [-0.4, -0.2) is 47.8 Å². The highest BCUT2D eigenvalue weighted by molar-refractivity contribution is 6.31. The molecule has 2 saturated heterocycles. The number of piperidine rings is 1. The van der Waals surface area contributed by atoms with Gasteiger partial charge in [0.15, 0.2) is 11.6 Å². The number of likely N-dealkylation sites (tertiary alicyclic amines) is 2. The normalized spacial score (nSPS) is 19.8. The van der Waals surface area contributed by atoms with Crippen molar-refractivity contribution in [3.05, 3.63) is 34.4 Å². The van der Waals surface area contributed by atoms with Crippen molar-refractivity contribution in [3.63, 3.8) is 0 Å². The lowest BCUT2D eigenvalue weighted by Gasteiger charge is -2.38. The summed E-state index contributed by atoms with van der Waals surface area (Å²) in [5.74, 6) is -1.99. The van der Waals surface area contributed by atoms with E-state index in [1.807, 2.05) is 11.8 Å². The first kappa shape index (κ1) is 18.1. The third kappa shape index (κ3) is 3.64. The zero-order valence-corrected chi connectivity index (χ0v) is 14.9. The van der Waals surface area contributed by atoms with Crippen LogP contribution in [0, 0.1) is 17.0 Å². The standard InChI is InChI=1S/C18H21ClF2N2O2/c1-2-22-11-18(10-17(22)25)3-5-23(6-4-18)16(24)8-12-7-14(20)15(21)9-13(12)19/h7,9H,2-6,8,10-11H2,1H3. The Bertz CT molecular complexity index is 703. The monoisotopic (exact) mass is 370 g/mol. The van der Waals surface area contributed by atoms with E-state index in [-0.39, 0.29) is 28.7 Å². The van der Waals surface area contributed by atoms with Crippen LogP contribution in [0.2, 0.25) is 5.02 Å². The molecule has 4 nitrogen and oxygen atoms in total. The van der Waals surface area contributed by atoms with Gasteiger partial charge in [-0.25, -0.2) is 8.78 Å². The van der Waals surface area contributed by atoms with E-state index in [1.54, 1.807) is 4.90 Å². The van der Waals surface area contributed by atoms with Gasteiger partial charge in [0.1, 0.15) is 0 Å². The summed E-state index contributed by atoms with van der Waals surface area (Å²) in [5, 5.41) is 0.0562. The third-order valence-corrected chi connectivity index (χ3v) is 5.75. The van der Waals surface area contributed by atoms with E-state index in [9.17, 15) is 18.4 Å². The van der Waals surface area contributed by atoms with Gasteiger partial charge in [0, 0.05) is 43.0 Å². The van der Waals surface area contributed by atoms with Crippen molar-refractivity contribution in [1.82, 2.24) is 9.80 Å². The van der Waals surface area contributed by atoms with E-state index < -0.39 is 11.6 Å². The molecule has 0 aromatic heterocycles. The Balaban J connectivity index is 1.61. The lowest BCUT2D eigenvalue weighted by Crippen LogP contribution is -2.44. The van der Waals surface area contributed by atoms with Crippen LogP contribution >= 0.6 is 11.6 Å². The number of amides is 2. The highest BCUT2D eigenvalue weighted by Crippen LogP contribution is 2.41. The molecule has 3 rings (SSSR count). The molecule has 0 radical (unpaired) electrons. The van der Waals surface area contributed by atoms with E-state index >= 15 is 0 Å². The first-order chi connectivity index (χ1) is 11.8. The predicted molar refractivity (Wildman–Crippen MR) is 90.2 cm³/mol. The van der Waals surface area contributed by atoms with Crippen LogP contribution in [0.3, 0.4) is 0 Å². The van der Waals surface area contributed by atoms with Gasteiger partial charge in [-0.1, -0.05) is 11.6 Å². The van der Waals surface area contributed by atoms with Crippen molar-refractivity contribution in [2.45, 2.75) is 32.6 Å². The number of rotatable bonds is 3. The van der Waals surface area contributed by atoms with Crippen LogP contribution in [0.1, 0.15) is 31.7 Å². The molecule has 2 fully saturated rings. The van der Waals surface area contributed by atoms with Crippen molar-refractivity contribution in [1.29, 1.82) is 0 Å². The van der Waals surface area contributed by atoms with Gasteiger partial charge in [0.25, 0.3) is 0 Å². The van der Waals surface area contributed by atoms with Crippen LogP contribution in [0.5, 0.6) is 0 Å². The lowest BCUT2D eigenvalue weighted by molar-refractivity contribution is -0.132. The van der Waals surface area contributed by atoms with Gasteiger partial charge < -0.3 is 9.80 Å².